The van der Waals surface area contributed by atoms with Crippen molar-refractivity contribution in [3.05, 3.63) is 11.8 Å². The van der Waals surface area contributed by atoms with Crippen LogP contribution in [0.4, 0.5) is 24.9 Å². The summed E-state index contributed by atoms with van der Waals surface area (Å²) in [7, 11) is 1.53. The van der Waals surface area contributed by atoms with Crippen molar-refractivity contribution in [2.45, 2.75) is 6.18 Å². The molecule has 7 nitrogen and oxygen atoms in total. The van der Waals surface area contributed by atoms with Crippen molar-refractivity contribution in [1.82, 2.24) is 15.3 Å². The number of ether oxygens (including phenoxy) is 2. The number of rotatable bonds is 5. The fourth-order valence-corrected chi connectivity index (χ4v) is 2.20. The minimum Gasteiger partial charge on any atom is -0.383 e. The van der Waals surface area contributed by atoms with Gasteiger partial charge in [0.1, 0.15) is 5.82 Å². The summed E-state index contributed by atoms with van der Waals surface area (Å²) in [6.07, 6.45) is -4.58. The Morgan fingerprint density at radius 1 is 1.38 bits per heavy atom. The second-order valence-corrected chi connectivity index (χ2v) is 5.31. The van der Waals surface area contributed by atoms with E-state index in [4.69, 9.17) is 21.7 Å². The van der Waals surface area contributed by atoms with Crippen molar-refractivity contribution >= 4 is 29.1 Å². The molecule has 0 unspecified atom stereocenters. The molecule has 0 saturated carbocycles. The Labute approximate surface area is 142 Å². The van der Waals surface area contributed by atoms with Crippen LogP contribution in [0.5, 0.6) is 0 Å². The maximum Gasteiger partial charge on any atom is 0.433 e. The third-order valence-corrected chi connectivity index (χ3v) is 3.40. The van der Waals surface area contributed by atoms with Gasteiger partial charge in [0, 0.05) is 32.8 Å². The minimum absolute atomic E-state index is 0.124. The highest BCUT2D eigenvalue weighted by molar-refractivity contribution is 7.80. The second-order valence-electron chi connectivity index (χ2n) is 4.91. The number of hydrogen-bond donors (Lipinski definition) is 2. The Balaban J connectivity index is 2.18. The van der Waals surface area contributed by atoms with Crippen LogP contribution in [0.1, 0.15) is 5.69 Å². The molecule has 1 aliphatic rings. The van der Waals surface area contributed by atoms with E-state index in [1.165, 1.54) is 7.11 Å². The molecule has 0 aromatic carbocycles. The molecule has 1 aromatic rings. The molecule has 2 heterocycles. The largest absolute Gasteiger partial charge is 0.433 e. The van der Waals surface area contributed by atoms with Gasteiger partial charge in [-0.15, -0.1) is 0 Å². The molecular formula is C13H18F3N5O2S. The Hall–Kier alpha value is -1.72. The first-order valence-corrected chi connectivity index (χ1v) is 7.63. The zero-order chi connectivity index (χ0) is 17.6. The number of morpholine rings is 1. The van der Waals surface area contributed by atoms with E-state index >= 15 is 0 Å². The number of nitrogens with one attached hydrogen (secondary N) is 2. The summed E-state index contributed by atoms with van der Waals surface area (Å²) in [6, 6.07) is 0.928. The first kappa shape index (κ1) is 18.6. The van der Waals surface area contributed by atoms with Crippen LogP contribution in [0.3, 0.4) is 0 Å². The van der Waals surface area contributed by atoms with E-state index in [2.05, 4.69) is 20.6 Å². The summed E-state index contributed by atoms with van der Waals surface area (Å²) in [4.78, 5) is 9.35. The minimum atomic E-state index is -4.58. The van der Waals surface area contributed by atoms with Gasteiger partial charge in [0.05, 0.1) is 19.8 Å². The number of anilines is 2. The number of hydrogen-bond acceptors (Lipinski definition) is 6. The van der Waals surface area contributed by atoms with Gasteiger partial charge in [-0.05, 0) is 12.2 Å². The molecule has 24 heavy (non-hydrogen) atoms. The van der Waals surface area contributed by atoms with Gasteiger partial charge >= 0.3 is 6.18 Å². The lowest BCUT2D eigenvalue weighted by molar-refractivity contribution is -0.141. The van der Waals surface area contributed by atoms with E-state index in [1.54, 1.807) is 4.90 Å². The van der Waals surface area contributed by atoms with Crippen molar-refractivity contribution < 1.29 is 22.6 Å². The van der Waals surface area contributed by atoms with Crippen molar-refractivity contribution in [2.24, 2.45) is 0 Å². The van der Waals surface area contributed by atoms with Gasteiger partial charge in [-0.1, -0.05) is 0 Å². The van der Waals surface area contributed by atoms with Crippen LogP contribution >= 0.6 is 12.2 Å². The summed E-state index contributed by atoms with van der Waals surface area (Å²) in [5, 5.41) is 5.49. The van der Waals surface area contributed by atoms with Gasteiger partial charge < -0.3 is 25.0 Å². The smallest absolute Gasteiger partial charge is 0.383 e. The zero-order valence-electron chi connectivity index (χ0n) is 13.0. The predicted molar refractivity (Wildman–Crippen MR) is 86.2 cm³/mol. The fraction of sp³-hybridized carbons (Fsp3) is 0.615. The summed E-state index contributed by atoms with van der Waals surface area (Å²) in [5.41, 5.74) is -1.03. The molecule has 0 bridgehead atoms. The average molecular weight is 365 g/mol. The van der Waals surface area contributed by atoms with E-state index in [-0.39, 0.29) is 16.9 Å². The number of halogens is 3. The Bertz CT molecular complexity index is 567. The molecule has 0 radical (unpaired) electrons. The summed E-state index contributed by atoms with van der Waals surface area (Å²) >= 11 is 5.01. The maximum atomic E-state index is 13.1. The van der Waals surface area contributed by atoms with Gasteiger partial charge in [0.2, 0.25) is 5.95 Å². The van der Waals surface area contributed by atoms with E-state index < -0.39 is 11.9 Å². The van der Waals surface area contributed by atoms with Crippen LogP contribution in [0.15, 0.2) is 6.07 Å². The first-order chi connectivity index (χ1) is 11.4. The zero-order valence-corrected chi connectivity index (χ0v) is 13.8. The fourth-order valence-electron chi connectivity index (χ4n) is 2.00. The Morgan fingerprint density at radius 2 is 2.08 bits per heavy atom. The quantitative estimate of drug-likeness (QED) is 0.597. The van der Waals surface area contributed by atoms with Gasteiger partial charge in [0.15, 0.2) is 10.8 Å². The molecule has 2 N–H and O–H groups in total. The summed E-state index contributed by atoms with van der Waals surface area (Å²) < 4.78 is 49.3. The van der Waals surface area contributed by atoms with Crippen LogP contribution in [0.2, 0.25) is 0 Å². The Morgan fingerprint density at radius 3 is 2.71 bits per heavy atom. The molecule has 0 aliphatic carbocycles. The lowest BCUT2D eigenvalue weighted by Crippen LogP contribution is -2.37. The predicted octanol–water partition coefficient (Wildman–Crippen LogP) is 1.26. The van der Waals surface area contributed by atoms with Crippen LogP contribution in [0, 0.1) is 0 Å². The standard InChI is InChI=1S/C13H18F3N5O2S/c1-22-5-2-17-12(24)20-11-18-9(13(14,15)16)8-10(19-11)21-3-6-23-7-4-21/h8H,2-7H2,1H3,(H2,17,18,19,20,24). The van der Waals surface area contributed by atoms with E-state index in [0.29, 0.717) is 39.5 Å². The van der Waals surface area contributed by atoms with Crippen LogP contribution in [0.25, 0.3) is 0 Å². The Kier molecular flexibility index (Phi) is 6.52. The maximum absolute atomic E-state index is 13.1. The van der Waals surface area contributed by atoms with Gasteiger partial charge in [0.25, 0.3) is 0 Å². The molecule has 1 aromatic heterocycles. The first-order valence-electron chi connectivity index (χ1n) is 7.23. The lowest BCUT2D eigenvalue weighted by atomic mass is 10.3. The van der Waals surface area contributed by atoms with Crippen LogP contribution in [-0.2, 0) is 15.7 Å². The summed E-state index contributed by atoms with van der Waals surface area (Å²) in [5.74, 6) is -0.0240. The normalized spacial score (nSPS) is 15.2. The van der Waals surface area contributed by atoms with Crippen molar-refractivity contribution in [3.8, 4) is 0 Å². The molecule has 2 rings (SSSR count). The van der Waals surface area contributed by atoms with Gasteiger partial charge in [-0.25, -0.2) is 4.98 Å². The molecule has 1 saturated heterocycles. The number of alkyl halides is 3. The molecule has 11 heteroatoms. The van der Waals surface area contributed by atoms with Gasteiger partial charge in [-0.2, -0.15) is 18.2 Å². The van der Waals surface area contributed by atoms with E-state index in [9.17, 15) is 13.2 Å². The number of methoxy groups -OCH3 is 1. The monoisotopic (exact) mass is 365 g/mol. The van der Waals surface area contributed by atoms with Crippen LogP contribution in [-0.4, -0.2) is 61.6 Å². The molecule has 134 valence electrons. The van der Waals surface area contributed by atoms with E-state index in [1.807, 2.05) is 0 Å². The highest BCUT2D eigenvalue weighted by Gasteiger charge is 2.34. The molecule has 1 fully saturated rings. The highest BCUT2D eigenvalue weighted by Crippen LogP contribution is 2.30. The average Bonchev–Trinajstić information content (AvgIpc) is 2.55. The third kappa shape index (κ3) is 5.42. The molecule has 1 aliphatic heterocycles. The van der Waals surface area contributed by atoms with E-state index in [0.717, 1.165) is 6.07 Å². The van der Waals surface area contributed by atoms with Gasteiger partial charge in [-0.3, -0.25) is 0 Å². The second kappa shape index (κ2) is 8.40. The SMILES string of the molecule is COCCNC(=S)Nc1nc(N2CCOCC2)cc(C(F)(F)F)n1. The van der Waals surface area contributed by atoms with Crippen molar-refractivity contribution in [3.63, 3.8) is 0 Å². The number of aromatic nitrogens is 2. The molecule has 0 spiro atoms. The topological polar surface area (TPSA) is 71.5 Å². The number of nitrogens with zero attached hydrogens (tertiary/aromatic N) is 3. The number of thiocarbonyl (C=S) groups is 1. The van der Waals surface area contributed by atoms with Crippen molar-refractivity contribution in [2.75, 3.05) is 56.8 Å². The van der Waals surface area contributed by atoms with Crippen LogP contribution < -0.4 is 15.5 Å². The molecular weight excluding hydrogens is 347 g/mol. The molecule has 0 amide bonds. The molecule has 0 atom stereocenters. The summed E-state index contributed by atoms with van der Waals surface area (Å²) in [6.45, 7) is 2.62. The lowest BCUT2D eigenvalue weighted by Gasteiger charge is -2.28. The highest BCUT2D eigenvalue weighted by atomic mass is 32.1. The van der Waals surface area contributed by atoms with Crippen molar-refractivity contribution in [1.29, 1.82) is 0 Å². The third-order valence-electron chi connectivity index (χ3n) is 3.16.